The van der Waals surface area contributed by atoms with E-state index in [1.807, 2.05) is 40.1 Å². The molecule has 0 spiro atoms. The van der Waals surface area contributed by atoms with Gasteiger partial charge in [0.15, 0.2) is 0 Å². The zero-order chi connectivity index (χ0) is 28.8. The molecule has 1 saturated heterocycles. The van der Waals surface area contributed by atoms with Crippen molar-refractivity contribution in [3.8, 4) is 0 Å². The van der Waals surface area contributed by atoms with Crippen molar-refractivity contribution in [3.63, 3.8) is 0 Å². The van der Waals surface area contributed by atoms with Crippen molar-refractivity contribution < 1.29 is 85.4 Å². The summed E-state index contributed by atoms with van der Waals surface area (Å²) >= 11 is 0. The van der Waals surface area contributed by atoms with Crippen LogP contribution in [0.25, 0.3) is 0 Å². The maximum Gasteiger partial charge on any atom is 1.00 e. The first-order valence-electron chi connectivity index (χ1n) is 13.1. The molecule has 0 radical (unpaired) electrons. The third-order valence-corrected chi connectivity index (χ3v) is 6.02. The fraction of sp³-hybridized carbons (Fsp3) is 0.630. The Balaban J connectivity index is 0.00000800. The molecule has 1 heterocycles. The van der Waals surface area contributed by atoms with Crippen LogP contribution in [0.1, 0.15) is 26.3 Å². The smallest absolute Gasteiger partial charge is 1.00 e. The number of aliphatic carboxylic acids is 2. The van der Waals surface area contributed by atoms with Crippen molar-refractivity contribution in [1.29, 1.82) is 0 Å². The maximum absolute atomic E-state index is 12.7. The molecule has 12 nitrogen and oxygen atoms in total. The van der Waals surface area contributed by atoms with Crippen LogP contribution in [0.4, 0.5) is 0 Å². The van der Waals surface area contributed by atoms with Gasteiger partial charge in [0.2, 0.25) is 0 Å². The summed E-state index contributed by atoms with van der Waals surface area (Å²) in [4.78, 5) is 55.3. The van der Waals surface area contributed by atoms with Gasteiger partial charge in [-0.2, -0.15) is 0 Å². The Bertz CT molecular complexity index is 951. The molecule has 1 aromatic rings. The van der Waals surface area contributed by atoms with Crippen molar-refractivity contribution in [2.75, 3.05) is 78.5 Å². The fourth-order valence-electron chi connectivity index (χ4n) is 4.12. The van der Waals surface area contributed by atoms with E-state index in [-0.39, 0.29) is 85.3 Å². The van der Waals surface area contributed by atoms with E-state index in [1.54, 1.807) is 30.6 Å². The van der Waals surface area contributed by atoms with Crippen LogP contribution in [-0.4, -0.2) is 138 Å². The van der Waals surface area contributed by atoms with E-state index in [2.05, 4.69) is 0 Å². The number of carbonyl (C=O) groups is 4. The third kappa shape index (κ3) is 18.5. The molecule has 0 unspecified atom stereocenters. The first-order chi connectivity index (χ1) is 18.4. The first-order valence-corrected chi connectivity index (χ1v) is 13.1. The molecular formula is C27H42BrN4NaO8. The SMILES string of the molecule is CC(C)(C)OC(=O)CN1CCN(CC(=O)O)CCN(CC(=O)O)CCN(CC(=O)OCc2ccccc2)CC1.[Br-].[Na+]. The van der Waals surface area contributed by atoms with E-state index in [4.69, 9.17) is 9.47 Å². The number of ether oxygens (including phenoxy) is 2. The molecule has 0 atom stereocenters. The molecular weight excluding hydrogens is 611 g/mol. The normalized spacial score (nSPS) is 16.7. The quantitative estimate of drug-likeness (QED) is 0.184. The van der Waals surface area contributed by atoms with Crippen LogP contribution in [0, 0.1) is 0 Å². The number of nitrogens with zero attached hydrogens (tertiary/aromatic N) is 4. The molecule has 14 heteroatoms. The Hall–Kier alpha value is -1.58. The van der Waals surface area contributed by atoms with Gasteiger partial charge in [0.25, 0.3) is 0 Å². The van der Waals surface area contributed by atoms with Crippen LogP contribution >= 0.6 is 0 Å². The van der Waals surface area contributed by atoms with Crippen molar-refractivity contribution >= 4 is 23.9 Å². The Labute approximate surface area is 275 Å². The molecule has 2 N–H and O–H groups in total. The number of hydrogen-bond donors (Lipinski definition) is 2. The first kappa shape index (κ1) is 39.4. The van der Waals surface area contributed by atoms with Gasteiger partial charge >= 0.3 is 53.4 Å². The van der Waals surface area contributed by atoms with Crippen LogP contribution in [0.15, 0.2) is 30.3 Å². The van der Waals surface area contributed by atoms with Gasteiger partial charge in [-0.25, -0.2) is 0 Å². The number of halogens is 1. The van der Waals surface area contributed by atoms with E-state index < -0.39 is 23.5 Å². The van der Waals surface area contributed by atoms with Gasteiger partial charge in [0, 0.05) is 52.4 Å². The van der Waals surface area contributed by atoms with Crippen LogP contribution in [-0.2, 0) is 35.3 Å². The zero-order valence-electron chi connectivity index (χ0n) is 24.6. The van der Waals surface area contributed by atoms with Gasteiger partial charge in [-0.15, -0.1) is 0 Å². The molecule has 2 rings (SSSR count). The molecule has 1 aromatic carbocycles. The number of carboxylic acids is 2. The average molecular weight is 654 g/mol. The van der Waals surface area contributed by atoms with Crippen LogP contribution in [0.2, 0.25) is 0 Å². The van der Waals surface area contributed by atoms with Crippen molar-refractivity contribution in [3.05, 3.63) is 35.9 Å². The molecule has 41 heavy (non-hydrogen) atoms. The summed E-state index contributed by atoms with van der Waals surface area (Å²) in [6, 6.07) is 9.36. The molecule has 1 fully saturated rings. The van der Waals surface area contributed by atoms with E-state index in [0.29, 0.717) is 52.4 Å². The van der Waals surface area contributed by atoms with Gasteiger partial charge < -0.3 is 36.7 Å². The van der Waals surface area contributed by atoms with Crippen molar-refractivity contribution in [2.45, 2.75) is 33.0 Å². The van der Waals surface area contributed by atoms with Crippen molar-refractivity contribution in [1.82, 2.24) is 19.6 Å². The largest absolute Gasteiger partial charge is 1.00 e. The Morgan fingerprint density at radius 1 is 0.683 bits per heavy atom. The predicted molar refractivity (Wildman–Crippen MR) is 143 cm³/mol. The summed E-state index contributed by atoms with van der Waals surface area (Å²) in [7, 11) is 0. The van der Waals surface area contributed by atoms with E-state index >= 15 is 0 Å². The second kappa shape index (κ2) is 20.3. The Morgan fingerprint density at radius 3 is 1.41 bits per heavy atom. The van der Waals surface area contributed by atoms with Crippen LogP contribution in [0.5, 0.6) is 0 Å². The van der Waals surface area contributed by atoms with Gasteiger partial charge in [-0.3, -0.25) is 38.8 Å². The molecule has 0 aromatic heterocycles. The monoisotopic (exact) mass is 652 g/mol. The number of carbonyl (C=O) groups excluding carboxylic acids is 2. The fourth-order valence-corrected chi connectivity index (χ4v) is 4.12. The third-order valence-electron chi connectivity index (χ3n) is 6.02. The average Bonchev–Trinajstić information content (AvgIpc) is 2.83. The minimum atomic E-state index is -0.982. The second-order valence-corrected chi connectivity index (χ2v) is 10.6. The number of hydrogen-bond acceptors (Lipinski definition) is 10. The van der Waals surface area contributed by atoms with Gasteiger partial charge in [-0.1, -0.05) is 30.3 Å². The molecule has 1 aliphatic heterocycles. The topological polar surface area (TPSA) is 140 Å². The maximum atomic E-state index is 12.7. The summed E-state index contributed by atoms with van der Waals surface area (Å²) in [6.07, 6.45) is 0. The summed E-state index contributed by atoms with van der Waals surface area (Å²) < 4.78 is 10.9. The summed E-state index contributed by atoms with van der Waals surface area (Å²) in [6.45, 7) is 8.25. The standard InChI is InChI=1S/C27H42N4O8.BrH.Na/c1-27(2,3)39-26(37)20-31-14-12-29(18-24(34)35)10-9-28(17-23(32)33)11-13-30(15-16-31)19-25(36)38-21-22-7-5-4-6-8-22;;/h4-8H,9-21H2,1-3H3,(H,32,33)(H,34,35);1H;/q;;+1/p-1. The molecule has 0 amide bonds. The molecule has 1 aliphatic rings. The second-order valence-electron chi connectivity index (χ2n) is 10.6. The summed E-state index contributed by atoms with van der Waals surface area (Å²) in [5.41, 5.74) is 0.239. The van der Waals surface area contributed by atoms with Crippen molar-refractivity contribution in [2.24, 2.45) is 0 Å². The van der Waals surface area contributed by atoms with E-state index in [0.717, 1.165) is 5.56 Å². The summed E-state index contributed by atoms with van der Waals surface area (Å²) in [5.74, 6) is -2.75. The Morgan fingerprint density at radius 2 is 1.05 bits per heavy atom. The van der Waals surface area contributed by atoms with Crippen LogP contribution in [0.3, 0.4) is 0 Å². The van der Waals surface area contributed by atoms with Gasteiger partial charge in [-0.05, 0) is 26.3 Å². The predicted octanol–water partition coefficient (Wildman–Crippen LogP) is -5.53. The minimum Gasteiger partial charge on any atom is -1.00 e. The van der Waals surface area contributed by atoms with Gasteiger partial charge in [0.1, 0.15) is 12.2 Å². The molecule has 0 aliphatic carbocycles. The molecule has 0 bridgehead atoms. The Kier molecular flexibility index (Phi) is 19.6. The van der Waals surface area contributed by atoms with E-state index in [9.17, 15) is 29.4 Å². The van der Waals surface area contributed by atoms with Gasteiger partial charge in [0.05, 0.1) is 26.2 Å². The molecule has 226 valence electrons. The molecule has 0 saturated carbocycles. The number of benzene rings is 1. The summed E-state index contributed by atoms with van der Waals surface area (Å²) in [5, 5.41) is 18.7. The van der Waals surface area contributed by atoms with E-state index in [1.165, 1.54) is 0 Å². The zero-order valence-corrected chi connectivity index (χ0v) is 28.2. The minimum absolute atomic E-state index is 0. The number of esters is 2. The number of carboxylic acid groups (broad SMARTS) is 2. The number of rotatable bonds is 10. The van der Waals surface area contributed by atoms with Crippen LogP contribution < -0.4 is 46.5 Å².